The minimum absolute atomic E-state index is 0. The molecule has 0 aliphatic carbocycles. The van der Waals surface area contributed by atoms with Crippen LogP contribution in [0.5, 0.6) is 0 Å². The quantitative estimate of drug-likeness (QED) is 0.559. The summed E-state index contributed by atoms with van der Waals surface area (Å²) in [6, 6.07) is 5.18. The van der Waals surface area contributed by atoms with Crippen molar-refractivity contribution in [1.82, 2.24) is 24.6 Å². The molecule has 0 spiro atoms. The van der Waals surface area contributed by atoms with E-state index in [1.807, 2.05) is 30.9 Å². The lowest BCUT2D eigenvalue weighted by Gasteiger charge is -2.36. The molecule has 4 rings (SSSR count). The van der Waals surface area contributed by atoms with E-state index in [2.05, 4.69) is 31.8 Å². The summed E-state index contributed by atoms with van der Waals surface area (Å²) in [4.78, 5) is 14.2. The molecule has 2 aromatic heterocycles. The van der Waals surface area contributed by atoms with E-state index in [9.17, 15) is 8.42 Å². The van der Waals surface area contributed by atoms with Gasteiger partial charge in [-0.1, -0.05) is 6.07 Å². The summed E-state index contributed by atoms with van der Waals surface area (Å²) >= 11 is 0. The van der Waals surface area contributed by atoms with Crippen molar-refractivity contribution in [3.05, 3.63) is 53.6 Å². The van der Waals surface area contributed by atoms with E-state index in [1.165, 1.54) is 17.5 Å². The van der Waals surface area contributed by atoms with Crippen molar-refractivity contribution in [3.63, 3.8) is 0 Å². The number of hydrogen-bond donors (Lipinski definition) is 0. The number of benzene rings is 1. The van der Waals surface area contributed by atoms with E-state index in [0.717, 1.165) is 55.4 Å². The lowest BCUT2D eigenvalue weighted by Crippen LogP contribution is -2.46. The number of anilines is 1. The lowest BCUT2D eigenvalue weighted by molar-refractivity contribution is 0.249. The first-order chi connectivity index (χ1) is 14.7. The van der Waals surface area contributed by atoms with Gasteiger partial charge in [0, 0.05) is 75.2 Å². The molecule has 1 aliphatic rings. The van der Waals surface area contributed by atoms with Crippen LogP contribution in [0.25, 0.3) is 11.3 Å². The van der Waals surface area contributed by atoms with Crippen molar-refractivity contribution >= 4 is 28.1 Å². The summed E-state index contributed by atoms with van der Waals surface area (Å²) in [6.45, 7) is 8.47. The van der Waals surface area contributed by atoms with E-state index < -0.39 is 9.84 Å². The van der Waals surface area contributed by atoms with E-state index in [0.29, 0.717) is 4.90 Å². The van der Waals surface area contributed by atoms with Crippen LogP contribution < -0.4 is 4.90 Å². The van der Waals surface area contributed by atoms with Crippen LogP contribution in [0.3, 0.4) is 0 Å². The third kappa shape index (κ3) is 4.95. The summed E-state index contributed by atoms with van der Waals surface area (Å²) < 4.78 is 25.7. The van der Waals surface area contributed by atoms with E-state index in [-0.39, 0.29) is 12.4 Å². The number of aromatic nitrogens is 4. The molecule has 8 nitrogen and oxygen atoms in total. The van der Waals surface area contributed by atoms with Crippen LogP contribution in [0, 0.1) is 13.8 Å². The van der Waals surface area contributed by atoms with Gasteiger partial charge in [0.15, 0.2) is 15.7 Å². The number of rotatable bonds is 5. The molecule has 3 heterocycles. The zero-order chi connectivity index (χ0) is 22.2. The van der Waals surface area contributed by atoms with Gasteiger partial charge < -0.3 is 4.90 Å². The molecule has 0 unspecified atom stereocenters. The zero-order valence-electron chi connectivity index (χ0n) is 18.8. The van der Waals surface area contributed by atoms with Gasteiger partial charge in [-0.05, 0) is 31.5 Å². The molecule has 0 bridgehead atoms. The van der Waals surface area contributed by atoms with Crippen LogP contribution in [0.4, 0.5) is 5.82 Å². The first-order valence-electron chi connectivity index (χ1n) is 10.3. The van der Waals surface area contributed by atoms with Crippen LogP contribution in [-0.4, -0.2) is 65.5 Å². The average Bonchev–Trinajstić information content (AvgIpc) is 3.06. The number of halogens is 1. The summed E-state index contributed by atoms with van der Waals surface area (Å²) in [6.07, 6.45) is 6.57. The topological polar surface area (TPSA) is 84.2 Å². The molecule has 0 atom stereocenters. The maximum Gasteiger partial charge on any atom is 0.175 e. The second-order valence-electron chi connectivity index (χ2n) is 8.12. The van der Waals surface area contributed by atoms with Gasteiger partial charge in [-0.25, -0.2) is 13.4 Å². The number of hydrogen-bond acceptors (Lipinski definition) is 7. The minimum Gasteiger partial charge on any atom is -0.352 e. The van der Waals surface area contributed by atoms with Gasteiger partial charge in [-0.3, -0.25) is 14.6 Å². The Bertz CT molecular complexity index is 1200. The Kier molecular flexibility index (Phi) is 7.22. The smallest absolute Gasteiger partial charge is 0.175 e. The summed E-state index contributed by atoms with van der Waals surface area (Å²) in [5.41, 5.74) is 5.03. The zero-order valence-corrected chi connectivity index (χ0v) is 20.4. The molecule has 1 aliphatic heterocycles. The van der Waals surface area contributed by atoms with E-state index >= 15 is 0 Å². The monoisotopic (exact) mass is 476 g/mol. The summed E-state index contributed by atoms with van der Waals surface area (Å²) in [7, 11) is -1.28. The first-order valence-corrected chi connectivity index (χ1v) is 12.2. The van der Waals surface area contributed by atoms with Gasteiger partial charge in [0.2, 0.25) is 0 Å². The highest BCUT2D eigenvalue weighted by Crippen LogP contribution is 2.31. The van der Waals surface area contributed by atoms with Crippen molar-refractivity contribution in [3.8, 4) is 11.3 Å². The van der Waals surface area contributed by atoms with Crippen molar-refractivity contribution in [2.45, 2.75) is 25.3 Å². The Balaban J connectivity index is 0.00000289. The fourth-order valence-corrected chi connectivity index (χ4v) is 4.65. The number of sulfone groups is 1. The van der Waals surface area contributed by atoms with Gasteiger partial charge in [0.05, 0.1) is 11.1 Å². The second kappa shape index (κ2) is 9.56. The van der Waals surface area contributed by atoms with Gasteiger partial charge in [-0.15, -0.1) is 12.4 Å². The van der Waals surface area contributed by atoms with Crippen molar-refractivity contribution in [2.75, 3.05) is 37.3 Å². The van der Waals surface area contributed by atoms with E-state index in [4.69, 9.17) is 0 Å². The molecule has 1 aromatic carbocycles. The van der Waals surface area contributed by atoms with Crippen molar-refractivity contribution in [2.24, 2.45) is 7.05 Å². The molecular formula is C22H29ClN6O2S. The molecule has 0 radical (unpaired) electrons. The maximum absolute atomic E-state index is 11.9. The fourth-order valence-electron chi connectivity index (χ4n) is 3.94. The third-order valence-corrected chi connectivity index (χ3v) is 7.07. The van der Waals surface area contributed by atoms with Crippen LogP contribution in [0.1, 0.15) is 16.8 Å². The Hall–Kier alpha value is -2.49. The van der Waals surface area contributed by atoms with Crippen molar-refractivity contribution < 1.29 is 8.42 Å². The number of aryl methyl sites for hydroxylation is 2. The Labute approximate surface area is 195 Å². The Morgan fingerprint density at radius 3 is 2.31 bits per heavy atom. The Morgan fingerprint density at radius 1 is 1.03 bits per heavy atom. The van der Waals surface area contributed by atoms with Crippen LogP contribution in [-0.2, 0) is 23.4 Å². The molecular weight excluding hydrogens is 448 g/mol. The van der Waals surface area contributed by atoms with Crippen LogP contribution in [0.2, 0.25) is 0 Å². The second-order valence-corrected chi connectivity index (χ2v) is 10.1. The number of nitrogens with zero attached hydrogens (tertiary/aromatic N) is 6. The fraction of sp³-hybridized carbons (Fsp3) is 0.409. The van der Waals surface area contributed by atoms with Gasteiger partial charge in [0.25, 0.3) is 0 Å². The SMILES string of the molecule is Cc1cc(S(C)(=O)=O)ccc1-c1nccnc1N1CCN(Cc2cnn(C)c2C)CC1.Cl. The summed E-state index contributed by atoms with van der Waals surface area (Å²) in [5, 5.41) is 4.34. The number of piperazine rings is 1. The first kappa shape index (κ1) is 24.2. The van der Waals surface area contributed by atoms with Gasteiger partial charge in [0.1, 0.15) is 5.69 Å². The van der Waals surface area contributed by atoms with Crippen molar-refractivity contribution in [1.29, 1.82) is 0 Å². The molecule has 0 N–H and O–H groups in total. The molecule has 1 fully saturated rings. The molecule has 172 valence electrons. The van der Waals surface area contributed by atoms with Gasteiger partial charge >= 0.3 is 0 Å². The Morgan fingerprint density at radius 2 is 1.72 bits per heavy atom. The predicted octanol–water partition coefficient (Wildman–Crippen LogP) is 2.64. The molecule has 1 saturated heterocycles. The molecule has 0 amide bonds. The highest BCUT2D eigenvalue weighted by molar-refractivity contribution is 7.90. The third-order valence-electron chi connectivity index (χ3n) is 5.96. The van der Waals surface area contributed by atoms with Crippen LogP contribution in [0.15, 0.2) is 41.7 Å². The molecule has 10 heteroatoms. The predicted molar refractivity (Wildman–Crippen MR) is 128 cm³/mol. The highest BCUT2D eigenvalue weighted by Gasteiger charge is 2.23. The molecule has 0 saturated carbocycles. The normalized spacial score (nSPS) is 14.9. The standard InChI is InChI=1S/C22H28N6O2S.ClH/c1-16-13-19(31(4,29)30)5-6-20(16)21-22(24-8-7-23-21)28-11-9-27(10-12-28)15-18-14-25-26(3)17(18)2;/h5-8,13-14H,9-12,15H2,1-4H3;1H. The molecule has 32 heavy (non-hydrogen) atoms. The minimum atomic E-state index is -3.25. The largest absolute Gasteiger partial charge is 0.352 e. The average molecular weight is 477 g/mol. The lowest BCUT2D eigenvalue weighted by atomic mass is 10.0. The van der Waals surface area contributed by atoms with Gasteiger partial charge in [-0.2, -0.15) is 5.10 Å². The van der Waals surface area contributed by atoms with Crippen LogP contribution >= 0.6 is 12.4 Å². The molecule has 3 aromatic rings. The maximum atomic E-state index is 11.9. The van der Waals surface area contributed by atoms with E-state index in [1.54, 1.807) is 24.5 Å². The highest BCUT2D eigenvalue weighted by atomic mass is 35.5. The summed E-state index contributed by atoms with van der Waals surface area (Å²) in [5.74, 6) is 0.843.